The van der Waals surface area contributed by atoms with Crippen LogP contribution in [0.1, 0.15) is 52.6 Å². The molecule has 0 aliphatic carbocycles. The molecule has 38 heavy (non-hydrogen) atoms. The maximum absolute atomic E-state index is 13.9. The average Bonchev–Trinajstić information content (AvgIpc) is 3.51. The molecule has 1 amide bonds. The summed E-state index contributed by atoms with van der Waals surface area (Å²) < 4.78 is 44.1. The molecule has 194 valence electrons. The zero-order valence-corrected chi connectivity index (χ0v) is 21.0. The first-order chi connectivity index (χ1) is 18.1. The number of alkyl halides is 3. The third kappa shape index (κ3) is 5.29. The molecule has 10 heteroatoms. The molecule has 5 aromatic rings. The molecule has 0 radical (unpaired) electrons. The number of hydrogen-bond acceptors (Lipinski definition) is 4. The third-order valence-electron chi connectivity index (χ3n) is 6.17. The first-order valence-corrected chi connectivity index (χ1v) is 12.1. The highest BCUT2D eigenvalue weighted by atomic mass is 19.4. The molecule has 0 saturated heterocycles. The molecule has 2 aromatic carbocycles. The van der Waals surface area contributed by atoms with Crippen LogP contribution < -0.4 is 5.32 Å². The Bertz CT molecular complexity index is 1600. The molecule has 0 aliphatic heterocycles. The Morgan fingerprint density at radius 2 is 1.68 bits per heavy atom. The van der Waals surface area contributed by atoms with Crippen LogP contribution >= 0.6 is 0 Å². The van der Waals surface area contributed by atoms with Gasteiger partial charge >= 0.3 is 6.18 Å². The van der Waals surface area contributed by atoms with Gasteiger partial charge in [0.2, 0.25) is 0 Å². The van der Waals surface area contributed by atoms with Gasteiger partial charge in [-0.25, -0.2) is 9.50 Å². The normalized spacial score (nSPS) is 11.9. The lowest BCUT2D eigenvalue weighted by atomic mass is 10.0. The summed E-state index contributed by atoms with van der Waals surface area (Å²) in [5.41, 5.74) is 2.62. The Morgan fingerprint density at radius 1 is 0.974 bits per heavy atom. The van der Waals surface area contributed by atoms with Gasteiger partial charge in [0.05, 0.1) is 12.2 Å². The molecule has 1 N–H and O–H groups in total. The van der Waals surface area contributed by atoms with Crippen LogP contribution in [0.5, 0.6) is 0 Å². The fraction of sp³-hybridized carbons (Fsp3) is 0.214. The summed E-state index contributed by atoms with van der Waals surface area (Å²) in [5, 5.41) is 10.8. The number of carbonyl (C=O) groups is 1. The maximum atomic E-state index is 13.9. The van der Waals surface area contributed by atoms with Crippen LogP contribution in [0.25, 0.3) is 16.9 Å². The van der Waals surface area contributed by atoms with Gasteiger partial charge in [0.1, 0.15) is 0 Å². The van der Waals surface area contributed by atoms with E-state index in [1.807, 2.05) is 57.2 Å². The molecular formula is C28H25F3N6O. The number of aromatic nitrogens is 5. The van der Waals surface area contributed by atoms with Crippen LogP contribution in [-0.2, 0) is 12.7 Å². The predicted molar refractivity (Wildman–Crippen MR) is 138 cm³/mol. The Morgan fingerprint density at radius 3 is 2.34 bits per heavy atom. The fourth-order valence-electron chi connectivity index (χ4n) is 4.05. The van der Waals surface area contributed by atoms with E-state index >= 15 is 0 Å². The summed E-state index contributed by atoms with van der Waals surface area (Å²) in [6.45, 7) is 6.58. The number of benzene rings is 2. The first-order valence-electron chi connectivity index (χ1n) is 12.1. The zero-order valence-electron chi connectivity index (χ0n) is 21.0. The second-order valence-electron chi connectivity index (χ2n) is 9.44. The van der Waals surface area contributed by atoms with E-state index in [0.29, 0.717) is 16.6 Å². The van der Waals surface area contributed by atoms with E-state index in [2.05, 4.69) is 20.5 Å². The third-order valence-corrected chi connectivity index (χ3v) is 6.17. The van der Waals surface area contributed by atoms with E-state index in [4.69, 9.17) is 0 Å². The van der Waals surface area contributed by atoms with Crippen molar-refractivity contribution in [3.8, 4) is 11.3 Å². The topological polar surface area (TPSA) is 77.1 Å². The lowest BCUT2D eigenvalue weighted by Gasteiger charge is -2.11. The molecule has 5 rings (SSSR count). The van der Waals surface area contributed by atoms with Crippen molar-refractivity contribution < 1.29 is 18.0 Å². The molecule has 0 spiro atoms. The molecule has 0 aliphatic rings. The van der Waals surface area contributed by atoms with Gasteiger partial charge in [0, 0.05) is 23.9 Å². The van der Waals surface area contributed by atoms with Crippen molar-refractivity contribution in [3.05, 3.63) is 101 Å². The fourth-order valence-corrected chi connectivity index (χ4v) is 4.05. The standard InChI is InChI=1S/C28H25F3N6O/c1-17(2)20-8-10-21(11-9-20)22-14-24(28(29,30)31)37-26(32-22)15-23(34-37)27(38)33-25-12-13-36(35-25)16-19-6-4-18(3)5-7-19/h4-15,17H,16H2,1-3H3,(H,33,35,38). The number of anilines is 1. The minimum atomic E-state index is -4.71. The maximum Gasteiger partial charge on any atom is 0.433 e. The molecule has 0 saturated carbocycles. The number of carbonyl (C=O) groups excluding carboxylic acids is 1. The predicted octanol–water partition coefficient (Wildman–Crippen LogP) is 6.34. The van der Waals surface area contributed by atoms with Crippen LogP contribution in [0.15, 0.2) is 72.9 Å². The van der Waals surface area contributed by atoms with E-state index in [0.717, 1.165) is 22.8 Å². The van der Waals surface area contributed by atoms with Gasteiger partial charge < -0.3 is 5.32 Å². The molecule has 0 atom stereocenters. The van der Waals surface area contributed by atoms with E-state index in [9.17, 15) is 18.0 Å². The van der Waals surface area contributed by atoms with Crippen LogP contribution in [0, 0.1) is 6.92 Å². The molecule has 3 heterocycles. The highest BCUT2D eigenvalue weighted by molar-refractivity contribution is 6.03. The zero-order chi connectivity index (χ0) is 27.0. The van der Waals surface area contributed by atoms with Crippen LogP contribution in [0.2, 0.25) is 0 Å². The number of fused-ring (bicyclic) bond motifs is 1. The minimum Gasteiger partial charge on any atom is -0.304 e. The Labute approximate surface area is 216 Å². The quantitative estimate of drug-likeness (QED) is 0.284. The molecule has 0 bridgehead atoms. The van der Waals surface area contributed by atoms with Gasteiger partial charge in [-0.05, 0) is 30.0 Å². The Kier molecular flexibility index (Phi) is 6.48. The van der Waals surface area contributed by atoms with E-state index in [1.54, 1.807) is 29.1 Å². The van der Waals surface area contributed by atoms with Crippen molar-refractivity contribution in [2.75, 3.05) is 5.32 Å². The van der Waals surface area contributed by atoms with Crippen molar-refractivity contribution in [1.29, 1.82) is 0 Å². The largest absolute Gasteiger partial charge is 0.433 e. The summed E-state index contributed by atoms with van der Waals surface area (Å²) in [6, 6.07) is 19.0. The summed E-state index contributed by atoms with van der Waals surface area (Å²) in [4.78, 5) is 17.2. The second kappa shape index (κ2) is 9.77. The smallest absolute Gasteiger partial charge is 0.304 e. The van der Waals surface area contributed by atoms with Gasteiger partial charge in [0.15, 0.2) is 22.9 Å². The van der Waals surface area contributed by atoms with Crippen LogP contribution in [0.4, 0.5) is 19.0 Å². The summed E-state index contributed by atoms with van der Waals surface area (Å²) in [6.07, 6.45) is -3.00. The Hall–Kier alpha value is -4.47. The Balaban J connectivity index is 1.41. The van der Waals surface area contributed by atoms with Crippen molar-refractivity contribution in [2.24, 2.45) is 0 Å². The summed E-state index contributed by atoms with van der Waals surface area (Å²) in [5.74, 6) is -0.142. The minimum absolute atomic E-state index is 0.0854. The van der Waals surface area contributed by atoms with Gasteiger partial charge in [-0.1, -0.05) is 67.9 Å². The number of amides is 1. The molecule has 0 fully saturated rings. The van der Waals surface area contributed by atoms with E-state index in [-0.39, 0.29) is 28.8 Å². The van der Waals surface area contributed by atoms with Gasteiger partial charge in [-0.3, -0.25) is 9.48 Å². The van der Waals surface area contributed by atoms with Gasteiger partial charge in [0.25, 0.3) is 5.91 Å². The molecule has 0 unspecified atom stereocenters. The van der Waals surface area contributed by atoms with Gasteiger partial charge in [-0.15, -0.1) is 0 Å². The van der Waals surface area contributed by atoms with Crippen LogP contribution in [0.3, 0.4) is 0 Å². The first kappa shape index (κ1) is 25.2. The number of aryl methyl sites for hydroxylation is 1. The number of nitrogens with zero attached hydrogens (tertiary/aromatic N) is 5. The number of nitrogens with one attached hydrogen (secondary N) is 1. The lowest BCUT2D eigenvalue weighted by molar-refractivity contribution is -0.142. The second-order valence-corrected chi connectivity index (χ2v) is 9.44. The highest BCUT2D eigenvalue weighted by Gasteiger charge is 2.35. The van der Waals surface area contributed by atoms with E-state index < -0.39 is 17.8 Å². The van der Waals surface area contributed by atoms with Crippen molar-refractivity contribution in [3.63, 3.8) is 0 Å². The van der Waals surface area contributed by atoms with Crippen molar-refractivity contribution in [1.82, 2.24) is 24.4 Å². The molecule has 3 aromatic heterocycles. The van der Waals surface area contributed by atoms with Gasteiger partial charge in [-0.2, -0.15) is 23.4 Å². The van der Waals surface area contributed by atoms with Crippen molar-refractivity contribution >= 4 is 17.4 Å². The van der Waals surface area contributed by atoms with Crippen molar-refractivity contribution in [2.45, 2.75) is 39.4 Å². The summed E-state index contributed by atoms with van der Waals surface area (Å²) in [7, 11) is 0. The molecular weight excluding hydrogens is 493 g/mol. The average molecular weight is 519 g/mol. The summed E-state index contributed by atoms with van der Waals surface area (Å²) >= 11 is 0. The number of halogens is 3. The highest BCUT2D eigenvalue weighted by Crippen LogP contribution is 2.32. The van der Waals surface area contributed by atoms with Crippen LogP contribution in [-0.4, -0.2) is 30.3 Å². The molecule has 7 nitrogen and oxygen atoms in total. The van der Waals surface area contributed by atoms with E-state index in [1.165, 1.54) is 6.07 Å². The monoisotopic (exact) mass is 518 g/mol. The lowest BCUT2D eigenvalue weighted by Crippen LogP contribution is -2.16. The number of hydrogen-bond donors (Lipinski definition) is 1. The number of rotatable bonds is 6. The SMILES string of the molecule is Cc1ccc(Cn2ccc(NC(=O)c3cc4nc(-c5ccc(C(C)C)cc5)cc(C(F)(F)F)n4n3)n2)cc1.